The van der Waals surface area contributed by atoms with Crippen LogP contribution in [0.1, 0.15) is 35.7 Å². The van der Waals surface area contributed by atoms with E-state index < -0.39 is 0 Å². The number of rotatable bonds is 4. The minimum Gasteiger partial charge on any atom is -0.398 e. The maximum Gasteiger partial charge on any atom is 0.253 e. The smallest absolute Gasteiger partial charge is 0.253 e. The van der Waals surface area contributed by atoms with Gasteiger partial charge in [0.1, 0.15) is 0 Å². The van der Waals surface area contributed by atoms with Crippen molar-refractivity contribution in [2.75, 3.05) is 12.3 Å². The molecule has 0 radical (unpaired) electrons. The molecule has 1 amide bonds. The molecule has 1 heterocycles. The number of nitrogen functional groups attached to an aromatic ring is 1. The van der Waals surface area contributed by atoms with Crippen LogP contribution >= 0.6 is 24.8 Å². The first kappa shape index (κ1) is 22.3. The summed E-state index contributed by atoms with van der Waals surface area (Å²) in [5.41, 5.74) is 8.33. The second-order valence-corrected chi connectivity index (χ2v) is 6.59. The summed E-state index contributed by atoms with van der Waals surface area (Å²) in [6, 6.07) is 18.4. The molecule has 0 spiro atoms. The van der Waals surface area contributed by atoms with E-state index >= 15 is 0 Å². The molecule has 1 aliphatic rings. The lowest BCUT2D eigenvalue weighted by Crippen LogP contribution is -2.48. The maximum atomic E-state index is 12.4. The number of nitrogens with zero attached hydrogens (tertiary/aromatic N) is 1. The predicted octanol–water partition coefficient (Wildman–Crippen LogP) is 3.90. The van der Waals surface area contributed by atoms with Gasteiger partial charge in [-0.25, -0.2) is 0 Å². The van der Waals surface area contributed by atoms with Crippen molar-refractivity contribution in [1.29, 1.82) is 0 Å². The summed E-state index contributed by atoms with van der Waals surface area (Å²) in [5.74, 6) is -0.0678. The fourth-order valence-corrected chi connectivity index (χ4v) is 3.37. The van der Waals surface area contributed by atoms with Crippen LogP contribution in [0.2, 0.25) is 0 Å². The molecule has 0 aromatic heterocycles. The summed E-state index contributed by atoms with van der Waals surface area (Å²) >= 11 is 0. The van der Waals surface area contributed by atoms with Gasteiger partial charge in [-0.2, -0.15) is 0 Å². The van der Waals surface area contributed by atoms with Gasteiger partial charge >= 0.3 is 0 Å². The Kier molecular flexibility index (Phi) is 8.93. The van der Waals surface area contributed by atoms with Crippen molar-refractivity contribution >= 4 is 36.4 Å². The van der Waals surface area contributed by atoms with Gasteiger partial charge in [-0.05, 0) is 37.5 Å². The van der Waals surface area contributed by atoms with E-state index in [0.29, 0.717) is 17.3 Å². The molecule has 1 saturated heterocycles. The maximum absolute atomic E-state index is 12.4. The molecule has 3 rings (SSSR count). The average molecular weight is 396 g/mol. The average Bonchev–Trinajstić information content (AvgIpc) is 2.58. The summed E-state index contributed by atoms with van der Waals surface area (Å²) in [6.07, 6.45) is 1.93. The normalized spacial score (nSPS) is 19.7. The lowest BCUT2D eigenvalue weighted by molar-refractivity contribution is 0.0867. The minimum absolute atomic E-state index is 0. The molecule has 6 heteroatoms. The zero-order valence-corrected chi connectivity index (χ0v) is 16.6. The quantitative estimate of drug-likeness (QED) is 0.771. The molecule has 1 aliphatic heterocycles. The van der Waals surface area contributed by atoms with Crippen LogP contribution in [0.4, 0.5) is 5.69 Å². The first-order chi connectivity index (χ1) is 11.6. The van der Waals surface area contributed by atoms with Gasteiger partial charge in [0, 0.05) is 30.9 Å². The highest BCUT2D eigenvalue weighted by Crippen LogP contribution is 2.21. The molecule has 2 unspecified atom stereocenters. The summed E-state index contributed by atoms with van der Waals surface area (Å²) in [7, 11) is 0. The van der Waals surface area contributed by atoms with E-state index in [0.717, 1.165) is 25.9 Å². The number of nitrogens with two attached hydrogens (primary N) is 1. The number of amides is 1. The van der Waals surface area contributed by atoms with Crippen LogP contribution in [-0.2, 0) is 6.54 Å². The highest BCUT2D eigenvalue weighted by Gasteiger charge is 2.26. The van der Waals surface area contributed by atoms with Crippen molar-refractivity contribution in [2.45, 2.75) is 38.4 Å². The monoisotopic (exact) mass is 395 g/mol. The highest BCUT2D eigenvalue weighted by atomic mass is 35.5. The van der Waals surface area contributed by atoms with Crippen LogP contribution in [0.15, 0.2) is 54.6 Å². The lowest BCUT2D eigenvalue weighted by Gasteiger charge is -2.38. The number of carbonyl (C=O) groups excluding carboxylic acids is 1. The molecule has 0 saturated carbocycles. The number of carbonyl (C=O) groups is 1. The fraction of sp³-hybridized carbons (Fsp3) is 0.350. The van der Waals surface area contributed by atoms with Crippen molar-refractivity contribution in [2.24, 2.45) is 0 Å². The van der Waals surface area contributed by atoms with E-state index in [4.69, 9.17) is 5.73 Å². The van der Waals surface area contributed by atoms with Crippen molar-refractivity contribution in [3.63, 3.8) is 0 Å². The third-order valence-corrected chi connectivity index (χ3v) is 4.78. The second kappa shape index (κ2) is 10.4. The number of likely N-dealkylation sites (tertiary alicyclic amines) is 1. The molecular formula is C20H27Cl2N3O. The van der Waals surface area contributed by atoms with Crippen LogP contribution in [0, 0.1) is 0 Å². The Morgan fingerprint density at radius 3 is 2.42 bits per heavy atom. The standard InChI is InChI=1S/C20H25N3O.2ClH/c1-15-13-17(22-20(24)18-9-5-6-10-19(18)21)11-12-23(15)14-16-7-3-2-4-8-16;;/h2-10,15,17H,11-14,21H2,1H3,(H,22,24);2*1H. The molecule has 142 valence electrons. The minimum atomic E-state index is -0.0678. The van der Waals surface area contributed by atoms with E-state index in [1.165, 1.54) is 5.56 Å². The molecule has 0 bridgehead atoms. The Morgan fingerprint density at radius 1 is 1.12 bits per heavy atom. The Labute approximate surface area is 168 Å². The van der Waals surface area contributed by atoms with E-state index in [9.17, 15) is 4.79 Å². The summed E-state index contributed by atoms with van der Waals surface area (Å²) in [5, 5.41) is 3.15. The molecule has 2 aromatic rings. The third kappa shape index (κ3) is 5.63. The van der Waals surface area contributed by atoms with Crippen LogP contribution in [0.5, 0.6) is 0 Å². The van der Waals surface area contributed by atoms with Gasteiger partial charge in [-0.15, -0.1) is 24.8 Å². The van der Waals surface area contributed by atoms with E-state index in [2.05, 4.69) is 41.4 Å². The Hall–Kier alpha value is -1.75. The number of anilines is 1. The number of hydrogen-bond donors (Lipinski definition) is 2. The SMILES string of the molecule is CC1CC(NC(=O)c2ccccc2N)CCN1Cc1ccccc1.Cl.Cl. The fourth-order valence-electron chi connectivity index (χ4n) is 3.37. The first-order valence-corrected chi connectivity index (χ1v) is 8.57. The second-order valence-electron chi connectivity index (χ2n) is 6.59. The molecule has 26 heavy (non-hydrogen) atoms. The van der Waals surface area contributed by atoms with Gasteiger partial charge in [-0.3, -0.25) is 9.69 Å². The highest BCUT2D eigenvalue weighted by molar-refractivity contribution is 5.99. The first-order valence-electron chi connectivity index (χ1n) is 8.57. The van der Waals surface area contributed by atoms with Crippen LogP contribution in [0.25, 0.3) is 0 Å². The number of piperidine rings is 1. The third-order valence-electron chi connectivity index (χ3n) is 4.78. The van der Waals surface area contributed by atoms with Crippen LogP contribution < -0.4 is 11.1 Å². The molecule has 2 aromatic carbocycles. The largest absolute Gasteiger partial charge is 0.398 e. The molecular weight excluding hydrogens is 369 g/mol. The Balaban J connectivity index is 0.00000169. The van der Waals surface area contributed by atoms with Crippen molar-refractivity contribution in [3.8, 4) is 0 Å². The van der Waals surface area contributed by atoms with Crippen LogP contribution in [0.3, 0.4) is 0 Å². The Bertz CT molecular complexity index is 696. The molecule has 3 N–H and O–H groups in total. The summed E-state index contributed by atoms with van der Waals surface area (Å²) in [4.78, 5) is 14.9. The van der Waals surface area contributed by atoms with E-state index in [-0.39, 0.29) is 36.8 Å². The number of halogens is 2. The van der Waals surface area contributed by atoms with Crippen molar-refractivity contribution < 1.29 is 4.79 Å². The van der Waals surface area contributed by atoms with Gasteiger partial charge in [0.25, 0.3) is 5.91 Å². The molecule has 4 nitrogen and oxygen atoms in total. The van der Waals surface area contributed by atoms with Gasteiger partial charge in [0.05, 0.1) is 5.56 Å². The number of nitrogens with one attached hydrogen (secondary N) is 1. The van der Waals surface area contributed by atoms with Crippen molar-refractivity contribution in [1.82, 2.24) is 10.2 Å². The van der Waals surface area contributed by atoms with E-state index in [1.54, 1.807) is 12.1 Å². The van der Waals surface area contributed by atoms with Crippen LogP contribution in [-0.4, -0.2) is 29.4 Å². The summed E-state index contributed by atoms with van der Waals surface area (Å²) in [6.45, 7) is 4.19. The van der Waals surface area contributed by atoms with Gasteiger partial charge in [-0.1, -0.05) is 42.5 Å². The number of benzene rings is 2. The molecule has 2 atom stereocenters. The van der Waals surface area contributed by atoms with E-state index in [1.807, 2.05) is 18.2 Å². The predicted molar refractivity (Wildman–Crippen MR) is 112 cm³/mol. The zero-order chi connectivity index (χ0) is 16.9. The molecule has 1 fully saturated rings. The van der Waals surface area contributed by atoms with Gasteiger partial charge < -0.3 is 11.1 Å². The Morgan fingerprint density at radius 2 is 1.77 bits per heavy atom. The summed E-state index contributed by atoms with van der Waals surface area (Å²) < 4.78 is 0. The van der Waals surface area contributed by atoms with Crippen molar-refractivity contribution in [3.05, 3.63) is 65.7 Å². The molecule has 0 aliphatic carbocycles. The zero-order valence-electron chi connectivity index (χ0n) is 14.9. The number of para-hydroxylation sites is 1. The topological polar surface area (TPSA) is 58.4 Å². The lowest BCUT2D eigenvalue weighted by atomic mass is 9.97. The van der Waals surface area contributed by atoms with Gasteiger partial charge in [0.15, 0.2) is 0 Å². The number of hydrogen-bond acceptors (Lipinski definition) is 3. The van der Waals surface area contributed by atoms with Gasteiger partial charge in [0.2, 0.25) is 0 Å².